The Morgan fingerprint density at radius 1 is 1.50 bits per heavy atom. The Morgan fingerprint density at radius 2 is 2.25 bits per heavy atom. The van der Waals surface area contributed by atoms with Crippen LogP contribution in [0.25, 0.3) is 0 Å². The van der Waals surface area contributed by atoms with Gasteiger partial charge in [-0.15, -0.1) is 0 Å². The maximum Gasteiger partial charge on any atom is 0.336 e. The van der Waals surface area contributed by atoms with Crippen molar-refractivity contribution in [1.82, 2.24) is 0 Å². The molecule has 0 bridgehead atoms. The Morgan fingerprint density at radius 3 is 2.75 bits per heavy atom. The number of Topliss-reactive ketones (excluding diaryl/α,β-unsaturated/α-hetero) is 1. The summed E-state index contributed by atoms with van der Waals surface area (Å²) >= 11 is 0. The fraction of sp³-hybridized carbons (Fsp3) is 0.333. The third-order valence-corrected chi connectivity index (χ3v) is 1.79. The van der Waals surface area contributed by atoms with E-state index in [0.717, 1.165) is 0 Å². The van der Waals surface area contributed by atoms with Gasteiger partial charge in [-0.25, -0.2) is 4.79 Å². The summed E-state index contributed by atoms with van der Waals surface area (Å²) in [6.45, 7) is 3.84. The maximum atomic E-state index is 10.9. The lowest BCUT2D eigenvalue weighted by atomic mass is 10.2. The zero-order valence-electron chi connectivity index (χ0n) is 9.36. The van der Waals surface area contributed by atoms with Crippen molar-refractivity contribution in [3.63, 3.8) is 0 Å². The van der Waals surface area contributed by atoms with Gasteiger partial charge in [0.1, 0.15) is 17.3 Å². The molecule has 86 valence electrons. The van der Waals surface area contributed by atoms with Gasteiger partial charge in [0.25, 0.3) is 0 Å². The highest BCUT2D eigenvalue weighted by Gasteiger charge is 2.08. The number of esters is 1. The molecule has 0 spiro atoms. The van der Waals surface area contributed by atoms with Crippen LogP contribution in [0.3, 0.4) is 0 Å². The fourth-order valence-corrected chi connectivity index (χ4v) is 1.19. The predicted octanol–water partition coefficient (Wildman–Crippen LogP) is 1.88. The van der Waals surface area contributed by atoms with Gasteiger partial charge in [0.05, 0.1) is 13.0 Å². The van der Waals surface area contributed by atoms with Gasteiger partial charge in [0.2, 0.25) is 0 Å². The fourth-order valence-electron chi connectivity index (χ4n) is 1.19. The molecule has 1 aliphatic rings. The van der Waals surface area contributed by atoms with Crippen molar-refractivity contribution in [2.45, 2.75) is 20.3 Å². The Labute approximate surface area is 94.2 Å². The Balaban J connectivity index is 2.67. The number of ether oxygens (including phenoxy) is 2. The Hall–Kier alpha value is -1.84. The van der Waals surface area contributed by atoms with Crippen LogP contribution in [0.5, 0.6) is 0 Å². The molecule has 0 fully saturated rings. The zero-order chi connectivity index (χ0) is 12.0. The molecule has 0 unspecified atom stereocenters. The Kier molecular flexibility index (Phi) is 4.51. The van der Waals surface area contributed by atoms with Crippen LogP contribution in [0.1, 0.15) is 20.3 Å². The quantitative estimate of drug-likeness (QED) is 0.526. The summed E-state index contributed by atoms with van der Waals surface area (Å²) in [5.74, 6) is 0.658. The lowest BCUT2D eigenvalue weighted by molar-refractivity contribution is -0.132. The third kappa shape index (κ3) is 4.13. The van der Waals surface area contributed by atoms with E-state index in [2.05, 4.69) is 0 Å². The number of carbonyl (C=O) groups excluding carboxylic acids is 2. The molecule has 1 rings (SSSR count). The van der Waals surface area contributed by atoms with E-state index in [4.69, 9.17) is 9.47 Å². The molecule has 0 saturated carbocycles. The first-order chi connectivity index (χ1) is 7.61. The number of rotatable bonds is 5. The van der Waals surface area contributed by atoms with Crippen molar-refractivity contribution >= 4 is 11.8 Å². The average Bonchev–Trinajstić information content (AvgIpc) is 2.60. The van der Waals surface area contributed by atoms with E-state index in [1.54, 1.807) is 18.2 Å². The van der Waals surface area contributed by atoms with Gasteiger partial charge in [-0.05, 0) is 32.1 Å². The van der Waals surface area contributed by atoms with E-state index in [0.29, 0.717) is 18.1 Å². The van der Waals surface area contributed by atoms with Crippen LogP contribution in [0.15, 0.2) is 35.8 Å². The van der Waals surface area contributed by atoms with Gasteiger partial charge >= 0.3 is 5.97 Å². The van der Waals surface area contributed by atoms with Crippen LogP contribution in [0, 0.1) is 0 Å². The molecule has 0 aromatic rings. The first-order valence-corrected chi connectivity index (χ1v) is 5.04. The highest BCUT2D eigenvalue weighted by Crippen LogP contribution is 2.11. The molecule has 1 aliphatic heterocycles. The van der Waals surface area contributed by atoms with Gasteiger partial charge in [-0.2, -0.15) is 0 Å². The van der Waals surface area contributed by atoms with E-state index in [-0.39, 0.29) is 18.2 Å². The summed E-state index contributed by atoms with van der Waals surface area (Å²) in [7, 11) is 0. The SMILES string of the molecule is CCO/C(=C\C=C1\C=CC(=O)O1)CC(C)=O. The number of allylic oxidation sites excluding steroid dienone is 4. The number of cyclic esters (lactones) is 1. The van der Waals surface area contributed by atoms with Crippen LogP contribution in [-0.2, 0) is 19.1 Å². The molecule has 0 aromatic heterocycles. The summed E-state index contributed by atoms with van der Waals surface area (Å²) in [4.78, 5) is 21.7. The maximum absolute atomic E-state index is 10.9. The first-order valence-electron chi connectivity index (χ1n) is 5.04. The second kappa shape index (κ2) is 5.90. The molecule has 0 aromatic carbocycles. The second-order valence-electron chi connectivity index (χ2n) is 3.27. The molecular formula is C12H14O4. The molecule has 0 aliphatic carbocycles. The predicted molar refractivity (Wildman–Crippen MR) is 58.3 cm³/mol. The van der Waals surface area contributed by atoms with Crippen molar-refractivity contribution in [1.29, 1.82) is 0 Å². The monoisotopic (exact) mass is 222 g/mol. The minimum Gasteiger partial charge on any atom is -0.498 e. The summed E-state index contributed by atoms with van der Waals surface area (Å²) in [5.41, 5.74) is 0. The van der Waals surface area contributed by atoms with Crippen LogP contribution in [0.2, 0.25) is 0 Å². The van der Waals surface area contributed by atoms with Crippen molar-refractivity contribution in [3.8, 4) is 0 Å². The molecule has 4 heteroatoms. The van der Waals surface area contributed by atoms with Crippen molar-refractivity contribution in [2.24, 2.45) is 0 Å². The summed E-state index contributed by atoms with van der Waals surface area (Å²) in [6.07, 6.45) is 6.40. The number of hydrogen-bond donors (Lipinski definition) is 0. The number of hydrogen-bond acceptors (Lipinski definition) is 4. The van der Waals surface area contributed by atoms with E-state index in [1.807, 2.05) is 6.92 Å². The molecule has 16 heavy (non-hydrogen) atoms. The van der Waals surface area contributed by atoms with E-state index >= 15 is 0 Å². The molecule has 0 N–H and O–H groups in total. The molecule has 0 radical (unpaired) electrons. The van der Waals surface area contributed by atoms with Crippen LogP contribution in [0.4, 0.5) is 0 Å². The van der Waals surface area contributed by atoms with Crippen molar-refractivity contribution in [2.75, 3.05) is 6.61 Å². The smallest absolute Gasteiger partial charge is 0.336 e. The minimum absolute atomic E-state index is 0.0251. The lowest BCUT2D eigenvalue weighted by Crippen LogP contribution is -1.98. The summed E-state index contributed by atoms with van der Waals surface area (Å²) in [6, 6.07) is 0. The minimum atomic E-state index is -0.385. The van der Waals surface area contributed by atoms with Crippen LogP contribution >= 0.6 is 0 Å². The largest absolute Gasteiger partial charge is 0.498 e. The summed E-state index contributed by atoms with van der Waals surface area (Å²) < 4.78 is 10.1. The topological polar surface area (TPSA) is 52.6 Å². The highest BCUT2D eigenvalue weighted by atomic mass is 16.5. The average molecular weight is 222 g/mol. The van der Waals surface area contributed by atoms with E-state index in [1.165, 1.54) is 13.0 Å². The van der Waals surface area contributed by atoms with Gasteiger partial charge in [0, 0.05) is 6.08 Å². The second-order valence-corrected chi connectivity index (χ2v) is 3.27. The molecule has 1 heterocycles. The van der Waals surface area contributed by atoms with E-state index < -0.39 is 0 Å². The van der Waals surface area contributed by atoms with Crippen LogP contribution < -0.4 is 0 Å². The number of carbonyl (C=O) groups is 2. The van der Waals surface area contributed by atoms with Crippen molar-refractivity contribution in [3.05, 3.63) is 35.8 Å². The van der Waals surface area contributed by atoms with Gasteiger partial charge < -0.3 is 9.47 Å². The molecule has 0 saturated heterocycles. The Bertz CT molecular complexity index is 374. The standard InChI is InChI=1S/C12H14O4/c1-3-15-11(8-9(2)13)5-4-10-6-7-12(14)16-10/h4-7H,3,8H2,1-2H3/b10-4-,11-5-. The molecule has 0 amide bonds. The normalized spacial score (nSPS) is 17.8. The van der Waals surface area contributed by atoms with E-state index in [9.17, 15) is 9.59 Å². The number of ketones is 1. The van der Waals surface area contributed by atoms with Gasteiger partial charge in [-0.3, -0.25) is 4.79 Å². The van der Waals surface area contributed by atoms with Gasteiger partial charge in [-0.1, -0.05) is 0 Å². The van der Waals surface area contributed by atoms with Crippen molar-refractivity contribution < 1.29 is 19.1 Å². The third-order valence-electron chi connectivity index (χ3n) is 1.79. The van der Waals surface area contributed by atoms with Gasteiger partial charge in [0.15, 0.2) is 0 Å². The highest BCUT2D eigenvalue weighted by molar-refractivity contribution is 5.86. The zero-order valence-corrected chi connectivity index (χ0v) is 9.36. The van der Waals surface area contributed by atoms with Crippen LogP contribution in [-0.4, -0.2) is 18.4 Å². The first kappa shape index (κ1) is 12.2. The summed E-state index contributed by atoms with van der Waals surface area (Å²) in [5, 5.41) is 0. The molecule has 0 atom stereocenters. The lowest BCUT2D eigenvalue weighted by Gasteiger charge is -2.05. The molecular weight excluding hydrogens is 208 g/mol. The molecule has 4 nitrogen and oxygen atoms in total.